The molecule has 0 N–H and O–H groups in total. The summed E-state index contributed by atoms with van der Waals surface area (Å²) in [4.78, 5) is 12.6. The lowest BCUT2D eigenvalue weighted by Gasteiger charge is -2.13. The topological polar surface area (TPSA) is 31.2 Å². The van der Waals surface area contributed by atoms with Crippen molar-refractivity contribution in [1.29, 1.82) is 0 Å². The Bertz CT molecular complexity index is 744. The van der Waals surface area contributed by atoms with Crippen molar-refractivity contribution >= 4 is 29.3 Å². The number of benzene rings is 1. The number of ether oxygens (including phenoxy) is 1. The largest absolute Gasteiger partial charge is 0.485 e. The Morgan fingerprint density at radius 2 is 1.84 bits per heavy atom. The molecule has 5 heteroatoms. The zero-order valence-electron chi connectivity index (χ0n) is 15.2. The van der Waals surface area contributed by atoms with Crippen molar-refractivity contribution in [2.45, 2.75) is 38.3 Å². The Hall–Kier alpha value is -1.33. The summed E-state index contributed by atoms with van der Waals surface area (Å²) in [6.45, 7) is 8.39. The maximum absolute atomic E-state index is 12.6. The van der Waals surface area contributed by atoms with Crippen LogP contribution in [0.1, 0.15) is 51.8 Å². The minimum absolute atomic E-state index is 0.0333. The van der Waals surface area contributed by atoms with Gasteiger partial charge in [-0.25, -0.2) is 0 Å². The Kier molecular flexibility index (Phi) is 5.85. The van der Waals surface area contributed by atoms with Gasteiger partial charge in [-0.05, 0) is 51.5 Å². The number of hydrogen-bond donors (Lipinski definition) is 0. The summed E-state index contributed by atoms with van der Waals surface area (Å²) >= 11 is 3.98. The summed E-state index contributed by atoms with van der Waals surface area (Å²) in [5.74, 6) is 3.22. The van der Waals surface area contributed by atoms with E-state index in [9.17, 15) is 4.79 Å². The molecule has 1 aromatic carbocycles. The minimum Gasteiger partial charge on any atom is -0.485 e. The lowest BCUT2D eigenvalue weighted by molar-refractivity contribution is 0.0920. The molecule has 0 radical (unpaired) electrons. The molecule has 0 aliphatic carbocycles. The van der Waals surface area contributed by atoms with Gasteiger partial charge in [0.05, 0.1) is 4.58 Å². The van der Waals surface area contributed by atoms with E-state index in [0.717, 1.165) is 22.7 Å². The van der Waals surface area contributed by atoms with Crippen LogP contribution in [0.4, 0.5) is 0 Å². The Morgan fingerprint density at radius 1 is 1.20 bits per heavy atom. The van der Waals surface area contributed by atoms with E-state index in [1.807, 2.05) is 55.6 Å². The van der Waals surface area contributed by atoms with Gasteiger partial charge in [-0.2, -0.15) is 0 Å². The van der Waals surface area contributed by atoms with Crippen molar-refractivity contribution in [1.82, 2.24) is 4.57 Å². The first kappa shape index (κ1) is 18.5. The van der Waals surface area contributed by atoms with E-state index in [4.69, 9.17) is 4.74 Å². The molecule has 3 nitrogen and oxygen atoms in total. The maximum atomic E-state index is 12.6. The number of carbonyl (C=O) groups excluding carboxylic acids is 1. The van der Waals surface area contributed by atoms with E-state index in [1.54, 1.807) is 0 Å². The van der Waals surface area contributed by atoms with E-state index < -0.39 is 0 Å². The summed E-state index contributed by atoms with van der Waals surface area (Å²) in [5.41, 5.74) is 4.23. The van der Waals surface area contributed by atoms with Gasteiger partial charge >= 0.3 is 0 Å². The predicted octanol–water partition coefficient (Wildman–Crippen LogP) is 5.43. The lowest BCUT2D eigenvalue weighted by atomic mass is 10.1. The molecule has 2 heterocycles. The number of hydrogen-bond acceptors (Lipinski definition) is 4. The average molecular weight is 376 g/mol. The number of aromatic nitrogens is 1. The minimum atomic E-state index is 0.0333. The second kappa shape index (κ2) is 7.92. The monoisotopic (exact) mass is 375 g/mol. The van der Waals surface area contributed by atoms with Gasteiger partial charge in [-0.3, -0.25) is 4.79 Å². The van der Waals surface area contributed by atoms with E-state index in [2.05, 4.69) is 30.5 Å². The lowest BCUT2D eigenvalue weighted by Crippen LogP contribution is -2.13. The fourth-order valence-corrected chi connectivity index (χ4v) is 6.21. The van der Waals surface area contributed by atoms with Crippen LogP contribution in [-0.2, 0) is 0 Å². The van der Waals surface area contributed by atoms with Gasteiger partial charge in [0.25, 0.3) is 0 Å². The maximum Gasteiger partial charge on any atom is 0.202 e. The van der Waals surface area contributed by atoms with Crippen LogP contribution in [0.15, 0.2) is 30.3 Å². The zero-order chi connectivity index (χ0) is 18.0. The second-order valence-electron chi connectivity index (χ2n) is 6.60. The molecule has 1 aliphatic rings. The Morgan fingerprint density at radius 3 is 2.40 bits per heavy atom. The van der Waals surface area contributed by atoms with Gasteiger partial charge in [0.1, 0.15) is 5.75 Å². The predicted molar refractivity (Wildman–Crippen MR) is 108 cm³/mol. The fraction of sp³-hybridized carbons (Fsp3) is 0.450. The third kappa shape index (κ3) is 4.09. The zero-order valence-corrected chi connectivity index (χ0v) is 16.9. The molecule has 3 rings (SSSR count). The van der Waals surface area contributed by atoms with Crippen LogP contribution in [0.25, 0.3) is 0 Å². The van der Waals surface area contributed by atoms with Crippen molar-refractivity contribution in [3.05, 3.63) is 52.8 Å². The molecule has 2 aromatic rings. The van der Waals surface area contributed by atoms with Crippen molar-refractivity contribution in [2.75, 3.05) is 18.1 Å². The highest BCUT2D eigenvalue weighted by molar-refractivity contribution is 8.19. The van der Waals surface area contributed by atoms with Crippen molar-refractivity contribution < 1.29 is 9.53 Å². The molecule has 25 heavy (non-hydrogen) atoms. The van der Waals surface area contributed by atoms with Crippen LogP contribution < -0.4 is 4.74 Å². The molecule has 0 atom stereocenters. The van der Waals surface area contributed by atoms with Crippen molar-refractivity contribution in [3.8, 4) is 5.75 Å². The number of rotatable bonds is 6. The summed E-state index contributed by atoms with van der Waals surface area (Å²) in [6.07, 6.45) is 0. The average Bonchev–Trinajstić information content (AvgIpc) is 3.21. The Balaban J connectivity index is 1.63. The molecule has 0 saturated carbocycles. The first-order chi connectivity index (χ1) is 12.0. The van der Waals surface area contributed by atoms with E-state index >= 15 is 0 Å². The molecule has 1 aromatic heterocycles. The molecule has 0 unspecified atom stereocenters. The molecule has 1 saturated heterocycles. The molecular weight excluding hydrogens is 350 g/mol. The van der Waals surface area contributed by atoms with Crippen LogP contribution in [0.5, 0.6) is 5.75 Å². The normalized spacial score (nSPS) is 15.1. The van der Waals surface area contributed by atoms with E-state index in [0.29, 0.717) is 10.6 Å². The molecule has 134 valence electrons. The molecule has 0 spiro atoms. The fourth-order valence-electron chi connectivity index (χ4n) is 3.35. The van der Waals surface area contributed by atoms with Gasteiger partial charge in [-0.15, -0.1) is 23.5 Å². The van der Waals surface area contributed by atoms with E-state index in [-0.39, 0.29) is 12.4 Å². The summed E-state index contributed by atoms with van der Waals surface area (Å²) in [6, 6.07) is 10.5. The second-order valence-corrected chi connectivity index (χ2v) is 9.33. The van der Waals surface area contributed by atoms with Crippen LogP contribution in [0.2, 0.25) is 0 Å². The third-order valence-corrected chi connectivity index (χ3v) is 7.55. The molecule has 0 bridgehead atoms. The SMILES string of the molecule is Cc1cc(C(=O)COc2ccc(C3SCCS3)cc2)c(C)n1C(C)C. The molecule has 1 aliphatic heterocycles. The molecule has 0 amide bonds. The highest BCUT2D eigenvalue weighted by Gasteiger charge is 2.19. The highest BCUT2D eigenvalue weighted by Crippen LogP contribution is 2.45. The van der Waals surface area contributed by atoms with Gasteiger partial charge < -0.3 is 9.30 Å². The van der Waals surface area contributed by atoms with Crippen LogP contribution in [-0.4, -0.2) is 28.5 Å². The summed E-state index contributed by atoms with van der Waals surface area (Å²) < 4.78 is 8.46. The van der Waals surface area contributed by atoms with Crippen LogP contribution >= 0.6 is 23.5 Å². The highest BCUT2D eigenvalue weighted by atomic mass is 32.2. The van der Waals surface area contributed by atoms with Gasteiger partial charge in [0.15, 0.2) is 6.61 Å². The first-order valence-electron chi connectivity index (χ1n) is 8.65. The molecule has 1 fully saturated rings. The first-order valence-corrected chi connectivity index (χ1v) is 10.7. The number of ketones is 1. The van der Waals surface area contributed by atoms with Crippen molar-refractivity contribution in [2.24, 2.45) is 0 Å². The third-order valence-electron chi connectivity index (χ3n) is 4.45. The standard InChI is InChI=1S/C20H25NO2S2/c1-13(2)21-14(3)11-18(15(21)4)19(22)12-23-17-7-5-16(6-8-17)20-24-9-10-25-20/h5-8,11,13,20H,9-10,12H2,1-4H3. The van der Waals surface area contributed by atoms with Crippen LogP contribution in [0.3, 0.4) is 0 Å². The number of carbonyl (C=O) groups is 1. The number of Topliss-reactive ketones (excluding diaryl/α,β-unsaturated/α-hetero) is 1. The quantitative estimate of drug-likeness (QED) is 0.630. The van der Waals surface area contributed by atoms with Crippen molar-refractivity contribution in [3.63, 3.8) is 0 Å². The number of nitrogens with zero attached hydrogens (tertiary/aromatic N) is 1. The Labute approximate surface area is 158 Å². The van der Waals surface area contributed by atoms with Gasteiger partial charge in [0, 0.05) is 34.5 Å². The summed E-state index contributed by atoms with van der Waals surface area (Å²) in [7, 11) is 0. The smallest absolute Gasteiger partial charge is 0.202 e. The van der Waals surface area contributed by atoms with Crippen LogP contribution in [0, 0.1) is 13.8 Å². The summed E-state index contributed by atoms with van der Waals surface area (Å²) in [5, 5.41) is 0. The number of thioether (sulfide) groups is 2. The van der Waals surface area contributed by atoms with E-state index in [1.165, 1.54) is 17.1 Å². The number of aryl methyl sites for hydroxylation is 1. The van der Waals surface area contributed by atoms with Gasteiger partial charge in [0.2, 0.25) is 5.78 Å². The molecular formula is C20H25NO2S2. The van der Waals surface area contributed by atoms with Gasteiger partial charge in [-0.1, -0.05) is 12.1 Å².